The molecule has 3 rings (SSSR count). The van der Waals surface area contributed by atoms with Crippen molar-refractivity contribution in [2.75, 3.05) is 43.1 Å². The number of hydrogen-bond acceptors (Lipinski definition) is 6. The Bertz CT molecular complexity index is 1010. The number of thioether (sulfide) groups is 2. The van der Waals surface area contributed by atoms with E-state index >= 15 is 0 Å². The summed E-state index contributed by atoms with van der Waals surface area (Å²) in [6.07, 6.45) is 3.49. The van der Waals surface area contributed by atoms with Crippen molar-refractivity contribution >= 4 is 68.5 Å². The molecule has 0 aliphatic carbocycles. The smallest absolute Gasteiger partial charge is 0.228 e. The third kappa shape index (κ3) is 8.18. The molecule has 0 unspecified atom stereocenters. The number of carbonyl (C=O) groups excluding carboxylic acids is 1. The number of aryl methyl sites for hydroxylation is 1. The lowest BCUT2D eigenvalue weighted by Crippen LogP contribution is -2.38. The molecule has 0 radical (unpaired) electrons. The van der Waals surface area contributed by atoms with Gasteiger partial charge in [-0.1, -0.05) is 42.9 Å². The molecule has 0 saturated heterocycles. The van der Waals surface area contributed by atoms with Crippen molar-refractivity contribution in [2.45, 2.75) is 43.4 Å². The van der Waals surface area contributed by atoms with Gasteiger partial charge in [0.15, 0.2) is 5.13 Å². The van der Waals surface area contributed by atoms with Crippen molar-refractivity contribution < 1.29 is 4.79 Å². The van der Waals surface area contributed by atoms with E-state index in [9.17, 15) is 4.79 Å². The van der Waals surface area contributed by atoms with Crippen LogP contribution >= 0.6 is 47.3 Å². The van der Waals surface area contributed by atoms with Gasteiger partial charge < -0.3 is 4.90 Å². The highest BCUT2D eigenvalue weighted by Gasteiger charge is 2.20. The Morgan fingerprint density at radius 3 is 2.39 bits per heavy atom. The van der Waals surface area contributed by atoms with Crippen molar-refractivity contribution in [1.82, 2.24) is 9.88 Å². The second kappa shape index (κ2) is 14.2. The lowest BCUT2D eigenvalue weighted by atomic mass is 10.2. The maximum Gasteiger partial charge on any atom is 0.228 e. The molecular weight excluding hydrogens is 490 g/mol. The number of thiazole rings is 1. The van der Waals surface area contributed by atoms with Gasteiger partial charge in [0.2, 0.25) is 5.91 Å². The predicted molar refractivity (Wildman–Crippen MR) is 150 cm³/mol. The van der Waals surface area contributed by atoms with E-state index in [1.54, 1.807) is 23.1 Å². The Kier molecular flexibility index (Phi) is 12.1. The zero-order chi connectivity index (χ0) is 22.9. The SMILES string of the molecule is CCN(CC)CCN(C(=O)CCCSc1ccc(C)cc1)c1nc2ccc(SC)cc2s1.Cl. The lowest BCUT2D eigenvalue weighted by Gasteiger charge is -2.24. The molecule has 1 aromatic heterocycles. The molecule has 0 saturated carbocycles. The highest BCUT2D eigenvalue weighted by Crippen LogP contribution is 2.32. The average Bonchev–Trinajstić information content (AvgIpc) is 3.23. The first kappa shape index (κ1) is 28.0. The van der Waals surface area contributed by atoms with Crippen LogP contribution in [0, 0.1) is 6.92 Å². The largest absolute Gasteiger partial charge is 0.302 e. The van der Waals surface area contributed by atoms with E-state index in [1.807, 2.05) is 16.7 Å². The third-order valence-corrected chi connectivity index (χ3v) is 8.34. The number of carbonyl (C=O) groups is 1. The van der Waals surface area contributed by atoms with Crippen LogP contribution in [0.15, 0.2) is 52.3 Å². The van der Waals surface area contributed by atoms with Gasteiger partial charge >= 0.3 is 0 Å². The molecule has 0 aliphatic rings. The normalized spacial score (nSPS) is 11.1. The van der Waals surface area contributed by atoms with Crippen molar-refractivity contribution in [3.8, 4) is 0 Å². The summed E-state index contributed by atoms with van der Waals surface area (Å²) in [4.78, 5) is 24.8. The summed E-state index contributed by atoms with van der Waals surface area (Å²) in [7, 11) is 0. The first-order chi connectivity index (χ1) is 15.5. The summed E-state index contributed by atoms with van der Waals surface area (Å²) in [5.74, 6) is 1.11. The molecule has 1 amide bonds. The van der Waals surface area contributed by atoms with Crippen molar-refractivity contribution in [3.63, 3.8) is 0 Å². The number of benzene rings is 2. The van der Waals surface area contributed by atoms with Crippen molar-refractivity contribution in [1.29, 1.82) is 0 Å². The van der Waals surface area contributed by atoms with Crippen molar-refractivity contribution in [3.05, 3.63) is 48.0 Å². The summed E-state index contributed by atoms with van der Waals surface area (Å²) in [5, 5.41) is 0.821. The predicted octanol–water partition coefficient (Wildman–Crippen LogP) is 7.00. The summed E-state index contributed by atoms with van der Waals surface area (Å²) in [6, 6.07) is 14.9. The van der Waals surface area contributed by atoms with E-state index in [1.165, 1.54) is 15.4 Å². The Balaban J connectivity index is 0.00000385. The van der Waals surface area contributed by atoms with Crippen LogP contribution in [-0.4, -0.2) is 54.0 Å². The second-order valence-corrected chi connectivity index (χ2v) is 10.7. The van der Waals surface area contributed by atoms with E-state index in [0.29, 0.717) is 13.0 Å². The molecule has 180 valence electrons. The number of fused-ring (bicyclic) bond motifs is 1. The fourth-order valence-electron chi connectivity index (χ4n) is 3.43. The van der Waals surface area contributed by atoms with Crippen LogP contribution in [0.1, 0.15) is 32.3 Å². The Labute approximate surface area is 216 Å². The Morgan fingerprint density at radius 1 is 1.03 bits per heavy atom. The van der Waals surface area contributed by atoms with Crippen LogP contribution in [0.3, 0.4) is 0 Å². The summed E-state index contributed by atoms with van der Waals surface area (Å²) < 4.78 is 1.14. The van der Waals surface area contributed by atoms with Crippen LogP contribution in [0.5, 0.6) is 0 Å². The summed E-state index contributed by atoms with van der Waals surface area (Å²) in [5.41, 5.74) is 2.24. The first-order valence-electron chi connectivity index (χ1n) is 11.2. The van der Waals surface area contributed by atoms with Gasteiger partial charge in [0.1, 0.15) is 0 Å². The summed E-state index contributed by atoms with van der Waals surface area (Å²) in [6.45, 7) is 9.96. The van der Waals surface area contributed by atoms with E-state index in [4.69, 9.17) is 4.98 Å². The molecule has 4 nitrogen and oxygen atoms in total. The molecule has 1 heterocycles. The lowest BCUT2D eigenvalue weighted by molar-refractivity contribution is -0.118. The van der Waals surface area contributed by atoms with Gasteiger partial charge in [-0.05, 0) is 68.8 Å². The Morgan fingerprint density at radius 2 is 1.73 bits per heavy atom. The number of anilines is 1. The standard InChI is InChI=1S/C25H33N3OS3.ClH/c1-5-27(6-2)15-16-28(25-26-22-14-13-21(30-4)18-23(22)32-25)24(29)8-7-17-31-20-11-9-19(3)10-12-20;/h9-14,18H,5-8,15-17H2,1-4H3;1H. The molecule has 0 fully saturated rings. The number of aromatic nitrogens is 1. The molecule has 8 heteroatoms. The minimum atomic E-state index is 0. The van der Waals surface area contributed by atoms with Gasteiger partial charge in [-0.3, -0.25) is 9.69 Å². The van der Waals surface area contributed by atoms with E-state index in [-0.39, 0.29) is 18.3 Å². The van der Waals surface area contributed by atoms with Gasteiger partial charge in [0, 0.05) is 29.3 Å². The Hall–Kier alpha value is -1.25. The number of rotatable bonds is 12. The third-order valence-electron chi connectivity index (χ3n) is 5.48. The maximum absolute atomic E-state index is 13.2. The number of hydrogen-bond donors (Lipinski definition) is 0. The quantitative estimate of drug-likeness (QED) is 0.189. The molecule has 3 aromatic rings. The van der Waals surface area contributed by atoms with Crippen LogP contribution in [0.2, 0.25) is 0 Å². The highest BCUT2D eigenvalue weighted by molar-refractivity contribution is 7.99. The van der Waals surface area contributed by atoms with Crippen LogP contribution < -0.4 is 4.90 Å². The fraction of sp³-hybridized carbons (Fsp3) is 0.440. The van der Waals surface area contributed by atoms with E-state index in [2.05, 4.69) is 74.4 Å². The average molecular weight is 524 g/mol. The van der Waals surface area contributed by atoms with E-state index < -0.39 is 0 Å². The molecule has 0 atom stereocenters. The highest BCUT2D eigenvalue weighted by atomic mass is 35.5. The zero-order valence-electron chi connectivity index (χ0n) is 19.9. The molecular formula is C25H34ClN3OS3. The number of likely N-dealkylation sites (N-methyl/N-ethyl adjacent to an activating group) is 1. The van der Waals surface area contributed by atoms with Gasteiger partial charge in [-0.15, -0.1) is 35.9 Å². The molecule has 0 aliphatic heterocycles. The minimum Gasteiger partial charge on any atom is -0.302 e. The maximum atomic E-state index is 13.2. The summed E-state index contributed by atoms with van der Waals surface area (Å²) >= 11 is 5.17. The van der Waals surface area contributed by atoms with Crippen LogP contribution in [-0.2, 0) is 4.79 Å². The zero-order valence-corrected chi connectivity index (χ0v) is 23.1. The topological polar surface area (TPSA) is 36.4 Å². The fourth-order valence-corrected chi connectivity index (χ4v) is 5.84. The monoisotopic (exact) mass is 523 g/mol. The van der Waals surface area contributed by atoms with Crippen molar-refractivity contribution in [2.24, 2.45) is 0 Å². The minimum absolute atomic E-state index is 0. The number of halogens is 1. The van der Waals surface area contributed by atoms with Gasteiger partial charge in [0.05, 0.1) is 10.2 Å². The number of amides is 1. The van der Waals surface area contributed by atoms with Crippen LogP contribution in [0.4, 0.5) is 5.13 Å². The molecule has 0 N–H and O–H groups in total. The first-order valence-corrected chi connectivity index (χ1v) is 14.2. The molecule has 0 bridgehead atoms. The van der Waals surface area contributed by atoms with Gasteiger partial charge in [0.25, 0.3) is 0 Å². The number of nitrogens with zero attached hydrogens (tertiary/aromatic N) is 3. The van der Waals surface area contributed by atoms with Gasteiger partial charge in [-0.25, -0.2) is 4.98 Å². The molecule has 33 heavy (non-hydrogen) atoms. The second-order valence-electron chi connectivity index (χ2n) is 7.67. The van der Waals surface area contributed by atoms with Gasteiger partial charge in [-0.2, -0.15) is 0 Å². The van der Waals surface area contributed by atoms with E-state index in [0.717, 1.165) is 47.2 Å². The molecule has 2 aromatic carbocycles. The van der Waals surface area contributed by atoms with Crippen LogP contribution in [0.25, 0.3) is 10.2 Å². The molecule has 0 spiro atoms.